The van der Waals surface area contributed by atoms with E-state index in [-0.39, 0.29) is 5.75 Å². The molecular formula is C20H15ClF2N6O2. The number of aromatic nitrogens is 5. The summed E-state index contributed by atoms with van der Waals surface area (Å²) in [5.41, 5.74) is -0.353. The Labute approximate surface area is 179 Å². The number of ether oxygens (including phenoxy) is 1. The Morgan fingerprint density at radius 3 is 2.61 bits per heavy atom. The summed E-state index contributed by atoms with van der Waals surface area (Å²) in [5.74, 6) is -0.565. The molecule has 31 heavy (non-hydrogen) atoms. The van der Waals surface area contributed by atoms with Crippen LogP contribution in [0.5, 0.6) is 5.75 Å². The van der Waals surface area contributed by atoms with Gasteiger partial charge in [-0.15, -0.1) is 8.78 Å². The van der Waals surface area contributed by atoms with Gasteiger partial charge in [-0.3, -0.25) is 19.6 Å². The lowest BCUT2D eigenvalue weighted by Crippen LogP contribution is -2.16. The molecule has 0 bridgehead atoms. The van der Waals surface area contributed by atoms with Crippen LogP contribution >= 0.6 is 11.6 Å². The minimum Gasteiger partial charge on any atom is -0.420 e. The summed E-state index contributed by atoms with van der Waals surface area (Å²) < 4.78 is 31.3. The van der Waals surface area contributed by atoms with Crippen LogP contribution < -0.4 is 10.1 Å². The van der Waals surface area contributed by atoms with Crippen molar-refractivity contribution in [2.45, 2.75) is 5.57 Å². The standard InChI is InChI=1S/C20H15ClF2N6O2/c1-29-11-13(10-26-29)18-16(17-6-7-25-28-17)8-12(9-24-18)19(30)27-14-2-4-15(5-3-14)31-20(21,22)23/h2-11H,1H3,(H,25,28)(H,27,30). The molecule has 2 N–H and O–H groups in total. The summed E-state index contributed by atoms with van der Waals surface area (Å²) >= 11 is 4.74. The third kappa shape index (κ3) is 4.86. The van der Waals surface area contributed by atoms with Crippen molar-refractivity contribution in [1.82, 2.24) is 25.0 Å². The molecule has 0 aliphatic rings. The molecule has 158 valence electrons. The van der Waals surface area contributed by atoms with Gasteiger partial charge in [-0.2, -0.15) is 10.2 Å². The van der Waals surface area contributed by atoms with Crippen LogP contribution in [0.3, 0.4) is 0 Å². The molecule has 0 atom stereocenters. The van der Waals surface area contributed by atoms with E-state index in [4.69, 9.17) is 11.6 Å². The van der Waals surface area contributed by atoms with E-state index in [0.29, 0.717) is 28.2 Å². The van der Waals surface area contributed by atoms with Crippen molar-refractivity contribution in [2.75, 3.05) is 5.32 Å². The molecule has 11 heteroatoms. The van der Waals surface area contributed by atoms with Crippen LogP contribution in [0.15, 0.2) is 61.2 Å². The zero-order valence-corrected chi connectivity index (χ0v) is 16.8. The fourth-order valence-electron chi connectivity index (χ4n) is 2.92. The van der Waals surface area contributed by atoms with Crippen molar-refractivity contribution in [3.05, 3.63) is 66.7 Å². The van der Waals surface area contributed by atoms with E-state index in [9.17, 15) is 13.6 Å². The summed E-state index contributed by atoms with van der Waals surface area (Å²) in [5, 5.41) is 13.7. The molecule has 1 amide bonds. The van der Waals surface area contributed by atoms with Crippen molar-refractivity contribution >= 4 is 23.2 Å². The lowest BCUT2D eigenvalue weighted by Gasteiger charge is -2.12. The molecule has 8 nitrogen and oxygen atoms in total. The van der Waals surface area contributed by atoms with E-state index in [2.05, 4.69) is 30.3 Å². The first-order chi connectivity index (χ1) is 14.8. The fourth-order valence-corrected chi connectivity index (χ4v) is 3.01. The molecule has 0 aliphatic carbocycles. The third-order valence-electron chi connectivity index (χ3n) is 4.26. The second-order valence-electron chi connectivity index (χ2n) is 6.52. The van der Waals surface area contributed by atoms with Crippen LogP contribution in [0.25, 0.3) is 22.5 Å². The average molecular weight is 445 g/mol. The zero-order valence-electron chi connectivity index (χ0n) is 16.0. The van der Waals surface area contributed by atoms with Crippen LogP contribution in [0, 0.1) is 0 Å². The van der Waals surface area contributed by atoms with Gasteiger partial charge in [-0.25, -0.2) is 0 Å². The summed E-state index contributed by atoms with van der Waals surface area (Å²) in [4.78, 5) is 17.2. The first-order valence-corrected chi connectivity index (χ1v) is 9.32. The van der Waals surface area contributed by atoms with Crippen molar-refractivity contribution in [2.24, 2.45) is 7.05 Å². The number of aryl methyl sites for hydroxylation is 1. The Morgan fingerprint density at radius 2 is 2.00 bits per heavy atom. The third-order valence-corrected chi connectivity index (χ3v) is 4.34. The number of alkyl halides is 3. The largest absolute Gasteiger partial charge is 0.487 e. The average Bonchev–Trinajstić information content (AvgIpc) is 3.40. The minimum atomic E-state index is -3.81. The number of nitrogens with one attached hydrogen (secondary N) is 2. The number of hydrogen-bond acceptors (Lipinski definition) is 5. The Balaban J connectivity index is 1.59. The maximum atomic E-state index is 12.7. The number of aromatic amines is 1. The van der Waals surface area contributed by atoms with Crippen LogP contribution in [0.2, 0.25) is 0 Å². The van der Waals surface area contributed by atoms with Gasteiger partial charge in [0.05, 0.1) is 23.1 Å². The number of H-pyrrole nitrogens is 1. The number of nitrogens with zero attached hydrogens (tertiary/aromatic N) is 4. The Bertz CT molecular complexity index is 1200. The predicted octanol–water partition coefficient (Wildman–Crippen LogP) is 4.29. The van der Waals surface area contributed by atoms with E-state index in [1.54, 1.807) is 36.3 Å². The first-order valence-electron chi connectivity index (χ1n) is 8.94. The number of carbonyl (C=O) groups excluding carboxylic acids is 1. The smallest absolute Gasteiger partial charge is 0.420 e. The van der Waals surface area contributed by atoms with Crippen molar-refractivity contribution in [3.63, 3.8) is 0 Å². The topological polar surface area (TPSA) is 97.7 Å². The lowest BCUT2D eigenvalue weighted by molar-refractivity contribution is -0.0964. The maximum absolute atomic E-state index is 12.7. The summed E-state index contributed by atoms with van der Waals surface area (Å²) in [6.45, 7) is 0. The molecular weight excluding hydrogens is 430 g/mol. The highest BCUT2D eigenvalue weighted by molar-refractivity contribution is 6.20. The van der Waals surface area contributed by atoms with Gasteiger partial charge in [0.2, 0.25) is 0 Å². The molecule has 0 saturated carbocycles. The second-order valence-corrected chi connectivity index (χ2v) is 6.96. The number of pyridine rings is 1. The number of anilines is 1. The number of rotatable bonds is 6. The predicted molar refractivity (Wildman–Crippen MR) is 110 cm³/mol. The molecule has 4 rings (SSSR count). The highest BCUT2D eigenvalue weighted by Crippen LogP contribution is 2.30. The van der Waals surface area contributed by atoms with E-state index in [1.165, 1.54) is 30.5 Å². The van der Waals surface area contributed by atoms with Gasteiger partial charge in [0.15, 0.2) is 0 Å². The fraction of sp³-hybridized carbons (Fsp3) is 0.100. The second kappa shape index (κ2) is 8.15. The quantitative estimate of drug-likeness (QED) is 0.432. The molecule has 0 saturated heterocycles. The van der Waals surface area contributed by atoms with Gasteiger partial charge < -0.3 is 10.1 Å². The van der Waals surface area contributed by atoms with Crippen LogP contribution in [-0.2, 0) is 7.05 Å². The van der Waals surface area contributed by atoms with Crippen molar-refractivity contribution < 1.29 is 18.3 Å². The van der Waals surface area contributed by atoms with E-state index in [0.717, 1.165) is 5.56 Å². The molecule has 0 spiro atoms. The molecule has 0 aliphatic heterocycles. The maximum Gasteiger partial charge on any atom is 0.487 e. The molecule has 0 radical (unpaired) electrons. The zero-order chi connectivity index (χ0) is 22.0. The van der Waals surface area contributed by atoms with Crippen LogP contribution in [-0.4, -0.2) is 36.4 Å². The molecule has 4 aromatic rings. The number of hydrogen-bond donors (Lipinski definition) is 2. The van der Waals surface area contributed by atoms with Gasteiger partial charge in [0.1, 0.15) is 5.75 Å². The van der Waals surface area contributed by atoms with Crippen molar-refractivity contribution in [1.29, 1.82) is 0 Å². The summed E-state index contributed by atoms with van der Waals surface area (Å²) in [6, 6.07) is 8.83. The van der Waals surface area contributed by atoms with Gasteiger partial charge >= 0.3 is 5.57 Å². The van der Waals surface area contributed by atoms with Gasteiger partial charge in [0, 0.05) is 54.1 Å². The van der Waals surface area contributed by atoms with Crippen LogP contribution in [0.1, 0.15) is 10.4 Å². The van der Waals surface area contributed by atoms with Gasteiger partial charge in [-0.1, -0.05) is 0 Å². The highest BCUT2D eigenvalue weighted by atomic mass is 35.5. The Hall–Kier alpha value is -3.79. The number of benzene rings is 1. The number of carbonyl (C=O) groups is 1. The monoisotopic (exact) mass is 444 g/mol. The lowest BCUT2D eigenvalue weighted by atomic mass is 10.0. The Morgan fingerprint density at radius 1 is 1.23 bits per heavy atom. The minimum absolute atomic E-state index is 0.137. The van der Waals surface area contributed by atoms with E-state index < -0.39 is 11.5 Å². The van der Waals surface area contributed by atoms with E-state index >= 15 is 0 Å². The molecule has 1 aromatic carbocycles. The van der Waals surface area contributed by atoms with E-state index in [1.807, 2.05) is 6.20 Å². The normalized spacial score (nSPS) is 11.4. The molecule has 3 aromatic heterocycles. The molecule has 0 fully saturated rings. The molecule has 0 unspecified atom stereocenters. The summed E-state index contributed by atoms with van der Waals surface area (Å²) in [7, 11) is 1.80. The number of halogens is 3. The summed E-state index contributed by atoms with van der Waals surface area (Å²) in [6.07, 6.45) is 6.54. The van der Waals surface area contributed by atoms with Gasteiger partial charge in [-0.05, 0) is 36.4 Å². The molecule has 3 heterocycles. The SMILES string of the molecule is Cn1cc(-c2ncc(C(=O)Nc3ccc(OC(F)(F)Cl)cc3)cc2-c2ccn[nH]2)cn1. The Kier molecular flexibility index (Phi) is 5.38. The van der Waals surface area contributed by atoms with Crippen molar-refractivity contribution in [3.8, 4) is 28.3 Å². The highest BCUT2D eigenvalue weighted by Gasteiger charge is 2.27. The van der Waals surface area contributed by atoms with Gasteiger partial charge in [0.25, 0.3) is 5.91 Å². The van der Waals surface area contributed by atoms with Crippen LogP contribution in [0.4, 0.5) is 14.5 Å². The number of amides is 1. The first kappa shape index (κ1) is 20.5.